The Bertz CT molecular complexity index is 729. The predicted molar refractivity (Wildman–Crippen MR) is 85.2 cm³/mol. The second kappa shape index (κ2) is 5.30. The molecule has 6 nitrogen and oxygen atoms in total. The van der Waals surface area contributed by atoms with Gasteiger partial charge in [-0.25, -0.2) is 4.98 Å². The highest BCUT2D eigenvalue weighted by molar-refractivity contribution is 5.46. The van der Waals surface area contributed by atoms with E-state index in [9.17, 15) is 5.11 Å². The smallest absolute Gasteiger partial charge is 0.234 e. The van der Waals surface area contributed by atoms with Crippen LogP contribution in [0.4, 0.5) is 5.82 Å². The van der Waals surface area contributed by atoms with E-state index in [1.54, 1.807) is 0 Å². The van der Waals surface area contributed by atoms with Crippen molar-refractivity contribution >= 4 is 5.82 Å². The fourth-order valence-corrected chi connectivity index (χ4v) is 4.29. The Labute approximate surface area is 135 Å². The van der Waals surface area contributed by atoms with E-state index in [4.69, 9.17) is 4.52 Å². The first-order chi connectivity index (χ1) is 11.1. The summed E-state index contributed by atoms with van der Waals surface area (Å²) in [4.78, 5) is 11.5. The first kappa shape index (κ1) is 14.6. The SMILES string of the molecule is Cc1cc(CO)cc(N2C[C@@H]3CCC[C@]3(c3nc(C)no3)C2)n1. The van der Waals surface area contributed by atoms with Crippen LogP contribution in [0, 0.1) is 19.8 Å². The minimum absolute atomic E-state index is 0.0357. The number of aliphatic hydroxyl groups is 1. The van der Waals surface area contributed by atoms with Gasteiger partial charge >= 0.3 is 0 Å². The molecule has 1 saturated heterocycles. The third kappa shape index (κ3) is 2.32. The van der Waals surface area contributed by atoms with Crippen LogP contribution in [0.1, 0.15) is 42.2 Å². The van der Waals surface area contributed by atoms with Crippen molar-refractivity contribution in [1.29, 1.82) is 0 Å². The van der Waals surface area contributed by atoms with E-state index in [-0.39, 0.29) is 12.0 Å². The van der Waals surface area contributed by atoms with E-state index < -0.39 is 0 Å². The van der Waals surface area contributed by atoms with E-state index >= 15 is 0 Å². The highest BCUT2D eigenvalue weighted by Gasteiger charge is 2.54. The molecule has 0 radical (unpaired) electrons. The number of aliphatic hydroxyl groups excluding tert-OH is 1. The number of fused-ring (bicyclic) bond motifs is 1. The van der Waals surface area contributed by atoms with Gasteiger partial charge in [-0.1, -0.05) is 11.6 Å². The quantitative estimate of drug-likeness (QED) is 0.935. The number of hydrogen-bond acceptors (Lipinski definition) is 6. The van der Waals surface area contributed by atoms with Crippen LogP contribution < -0.4 is 4.90 Å². The third-order valence-corrected chi connectivity index (χ3v) is 5.33. The van der Waals surface area contributed by atoms with Gasteiger partial charge in [0.05, 0.1) is 12.0 Å². The third-order valence-electron chi connectivity index (χ3n) is 5.33. The van der Waals surface area contributed by atoms with Crippen molar-refractivity contribution in [2.75, 3.05) is 18.0 Å². The maximum atomic E-state index is 9.44. The van der Waals surface area contributed by atoms with E-state index in [2.05, 4.69) is 20.0 Å². The number of pyridine rings is 1. The Morgan fingerprint density at radius 2 is 2.22 bits per heavy atom. The first-order valence-electron chi connectivity index (χ1n) is 8.25. The number of hydrogen-bond donors (Lipinski definition) is 1. The molecule has 1 aliphatic heterocycles. The summed E-state index contributed by atoms with van der Waals surface area (Å²) >= 11 is 0. The summed E-state index contributed by atoms with van der Waals surface area (Å²) in [6.45, 7) is 5.71. The van der Waals surface area contributed by atoms with Gasteiger partial charge in [0.25, 0.3) is 0 Å². The molecular formula is C17H22N4O2. The lowest BCUT2D eigenvalue weighted by Gasteiger charge is -2.24. The summed E-state index contributed by atoms with van der Waals surface area (Å²) in [5.74, 6) is 2.96. The Morgan fingerprint density at radius 3 is 2.96 bits per heavy atom. The number of aryl methyl sites for hydroxylation is 2. The molecule has 0 amide bonds. The number of nitrogens with zero attached hydrogens (tertiary/aromatic N) is 4. The van der Waals surface area contributed by atoms with E-state index in [1.165, 1.54) is 12.8 Å². The molecule has 6 heteroatoms. The minimum atomic E-state index is -0.0357. The molecule has 0 bridgehead atoms. The average Bonchev–Trinajstić information content (AvgIpc) is 3.19. The van der Waals surface area contributed by atoms with Gasteiger partial charge in [0.2, 0.25) is 5.89 Å². The highest BCUT2D eigenvalue weighted by atomic mass is 16.5. The van der Waals surface area contributed by atoms with Crippen molar-refractivity contribution in [3.63, 3.8) is 0 Å². The summed E-state index contributed by atoms with van der Waals surface area (Å²) in [6.07, 6.45) is 3.49. The van der Waals surface area contributed by atoms with Gasteiger partial charge in [-0.2, -0.15) is 4.98 Å². The predicted octanol–water partition coefficient (Wildman–Crippen LogP) is 2.13. The molecule has 2 aromatic rings. The fraction of sp³-hybridized carbons (Fsp3) is 0.588. The van der Waals surface area contributed by atoms with Crippen molar-refractivity contribution in [2.24, 2.45) is 5.92 Å². The van der Waals surface area contributed by atoms with Gasteiger partial charge in [-0.3, -0.25) is 0 Å². The molecule has 1 N–H and O–H groups in total. The van der Waals surface area contributed by atoms with Crippen molar-refractivity contribution in [1.82, 2.24) is 15.1 Å². The zero-order valence-corrected chi connectivity index (χ0v) is 13.6. The van der Waals surface area contributed by atoms with Gasteiger partial charge in [-0.05, 0) is 50.3 Å². The lowest BCUT2D eigenvalue weighted by atomic mass is 9.80. The zero-order valence-electron chi connectivity index (χ0n) is 13.6. The Balaban J connectivity index is 1.68. The van der Waals surface area contributed by atoms with Crippen LogP contribution in [0.2, 0.25) is 0 Å². The van der Waals surface area contributed by atoms with Gasteiger partial charge in [0.1, 0.15) is 5.82 Å². The Hall–Kier alpha value is -1.95. The molecule has 3 heterocycles. The summed E-state index contributed by atoms with van der Waals surface area (Å²) in [5.41, 5.74) is 1.81. The van der Waals surface area contributed by atoms with Crippen LogP contribution >= 0.6 is 0 Å². The monoisotopic (exact) mass is 314 g/mol. The minimum Gasteiger partial charge on any atom is -0.392 e. The van der Waals surface area contributed by atoms with E-state index in [0.29, 0.717) is 11.7 Å². The summed E-state index contributed by atoms with van der Waals surface area (Å²) < 4.78 is 5.56. The topological polar surface area (TPSA) is 75.3 Å². The lowest BCUT2D eigenvalue weighted by molar-refractivity contribution is 0.265. The zero-order chi connectivity index (χ0) is 16.0. The van der Waals surface area contributed by atoms with Gasteiger partial charge in [0, 0.05) is 18.8 Å². The molecule has 2 atom stereocenters. The average molecular weight is 314 g/mol. The number of anilines is 1. The highest BCUT2D eigenvalue weighted by Crippen LogP contribution is 2.50. The van der Waals surface area contributed by atoms with Crippen LogP contribution in [0.25, 0.3) is 0 Å². The van der Waals surface area contributed by atoms with Crippen LogP contribution in [-0.4, -0.2) is 33.3 Å². The van der Waals surface area contributed by atoms with Gasteiger partial charge in [-0.15, -0.1) is 0 Å². The number of aromatic nitrogens is 3. The maximum Gasteiger partial charge on any atom is 0.234 e. The molecule has 122 valence electrons. The van der Waals surface area contributed by atoms with Gasteiger partial charge in [0.15, 0.2) is 5.82 Å². The molecule has 2 aromatic heterocycles. The molecule has 0 aromatic carbocycles. The first-order valence-corrected chi connectivity index (χ1v) is 8.25. The molecular weight excluding hydrogens is 292 g/mol. The summed E-state index contributed by atoms with van der Waals surface area (Å²) in [5, 5.41) is 13.4. The normalized spacial score (nSPS) is 26.7. The van der Waals surface area contributed by atoms with Crippen LogP contribution in [0.15, 0.2) is 16.7 Å². The molecule has 0 spiro atoms. The fourth-order valence-electron chi connectivity index (χ4n) is 4.29. The van der Waals surface area contributed by atoms with Gasteiger partial charge < -0.3 is 14.5 Å². The molecule has 1 aliphatic carbocycles. The van der Waals surface area contributed by atoms with Crippen LogP contribution in [0.5, 0.6) is 0 Å². The molecule has 0 unspecified atom stereocenters. The molecule has 1 saturated carbocycles. The lowest BCUT2D eigenvalue weighted by Crippen LogP contribution is -2.32. The molecule has 2 fully saturated rings. The van der Waals surface area contributed by atoms with Crippen molar-refractivity contribution < 1.29 is 9.63 Å². The summed E-state index contributed by atoms with van der Waals surface area (Å²) in [7, 11) is 0. The Morgan fingerprint density at radius 1 is 1.35 bits per heavy atom. The van der Waals surface area contributed by atoms with E-state index in [0.717, 1.165) is 42.5 Å². The number of rotatable bonds is 3. The molecule has 23 heavy (non-hydrogen) atoms. The summed E-state index contributed by atoms with van der Waals surface area (Å²) in [6, 6.07) is 3.92. The van der Waals surface area contributed by atoms with Crippen molar-refractivity contribution in [3.8, 4) is 0 Å². The maximum absolute atomic E-state index is 9.44. The Kier molecular flexibility index (Phi) is 3.37. The van der Waals surface area contributed by atoms with Crippen molar-refractivity contribution in [3.05, 3.63) is 35.1 Å². The molecule has 4 rings (SSSR count). The van der Waals surface area contributed by atoms with Crippen LogP contribution in [-0.2, 0) is 12.0 Å². The largest absolute Gasteiger partial charge is 0.392 e. The van der Waals surface area contributed by atoms with Crippen molar-refractivity contribution in [2.45, 2.75) is 45.1 Å². The molecule has 2 aliphatic rings. The van der Waals surface area contributed by atoms with Crippen LogP contribution in [0.3, 0.4) is 0 Å². The standard InChI is InChI=1S/C17H22N4O2/c1-11-6-13(9-22)7-15(18-11)21-8-14-4-3-5-17(14,10-21)16-19-12(2)20-23-16/h6-7,14,22H,3-5,8-10H2,1-2H3/t14-,17-/m0/s1. The second-order valence-electron chi connectivity index (χ2n) is 6.91. The second-order valence-corrected chi connectivity index (χ2v) is 6.91. The van der Waals surface area contributed by atoms with E-state index in [1.807, 2.05) is 26.0 Å².